The number of nitrogens with one attached hydrogen (secondary N) is 1. The van der Waals surface area contributed by atoms with E-state index in [4.69, 9.17) is 0 Å². The van der Waals surface area contributed by atoms with Gasteiger partial charge in [-0.15, -0.1) is 0 Å². The zero-order valence-electron chi connectivity index (χ0n) is 6.89. The number of esters is 1. The van der Waals surface area contributed by atoms with Gasteiger partial charge in [-0.25, -0.2) is 4.79 Å². The monoisotopic (exact) mass is 155 g/mol. The van der Waals surface area contributed by atoms with Crippen molar-refractivity contribution in [2.24, 2.45) is 5.92 Å². The molecule has 1 unspecified atom stereocenters. The lowest BCUT2D eigenvalue weighted by Gasteiger charge is -2.02. The van der Waals surface area contributed by atoms with Crippen molar-refractivity contribution >= 4 is 5.97 Å². The van der Waals surface area contributed by atoms with Crippen LogP contribution < -0.4 is 5.32 Å². The van der Waals surface area contributed by atoms with Crippen molar-refractivity contribution in [3.63, 3.8) is 0 Å². The van der Waals surface area contributed by atoms with Gasteiger partial charge in [0.15, 0.2) is 0 Å². The van der Waals surface area contributed by atoms with Crippen molar-refractivity contribution in [2.75, 3.05) is 13.7 Å². The molecule has 1 heterocycles. The number of carbonyl (C=O) groups excluding carboxylic acids is 1. The zero-order valence-corrected chi connectivity index (χ0v) is 6.89. The third-order valence-corrected chi connectivity index (χ3v) is 1.91. The van der Waals surface area contributed by atoms with Crippen LogP contribution in [0.2, 0.25) is 0 Å². The number of allylic oxidation sites excluding steroid dienone is 1. The second-order valence-corrected chi connectivity index (χ2v) is 2.74. The normalized spacial score (nSPS) is 26.7. The van der Waals surface area contributed by atoms with Crippen LogP contribution in [-0.4, -0.2) is 19.6 Å². The summed E-state index contributed by atoms with van der Waals surface area (Å²) >= 11 is 0. The topological polar surface area (TPSA) is 38.3 Å². The van der Waals surface area contributed by atoms with Gasteiger partial charge in [0.05, 0.1) is 7.11 Å². The summed E-state index contributed by atoms with van der Waals surface area (Å²) in [5.74, 6) is 0.190. The molecule has 0 aromatic heterocycles. The Morgan fingerprint density at radius 2 is 2.55 bits per heavy atom. The van der Waals surface area contributed by atoms with Crippen molar-refractivity contribution in [3.05, 3.63) is 11.8 Å². The molecule has 11 heavy (non-hydrogen) atoms. The van der Waals surface area contributed by atoms with E-state index in [1.807, 2.05) is 0 Å². The smallest absolute Gasteiger partial charge is 0.332 e. The Morgan fingerprint density at radius 3 is 3.00 bits per heavy atom. The van der Waals surface area contributed by atoms with E-state index < -0.39 is 0 Å². The number of methoxy groups -OCH3 is 1. The van der Waals surface area contributed by atoms with Crippen LogP contribution in [0.1, 0.15) is 13.3 Å². The molecule has 1 saturated heterocycles. The third kappa shape index (κ3) is 1.97. The summed E-state index contributed by atoms with van der Waals surface area (Å²) in [5, 5.41) is 3.13. The molecule has 0 aromatic rings. The van der Waals surface area contributed by atoms with E-state index in [-0.39, 0.29) is 5.97 Å². The Hall–Kier alpha value is -0.990. The molecule has 3 nitrogen and oxygen atoms in total. The minimum absolute atomic E-state index is 0.277. The Kier molecular flexibility index (Phi) is 2.52. The number of ether oxygens (including phenoxy) is 1. The van der Waals surface area contributed by atoms with Crippen LogP contribution >= 0.6 is 0 Å². The largest absolute Gasteiger partial charge is 0.466 e. The average Bonchev–Trinajstić information content (AvgIpc) is 2.37. The van der Waals surface area contributed by atoms with Crippen LogP contribution in [0.3, 0.4) is 0 Å². The quantitative estimate of drug-likeness (QED) is 0.447. The second kappa shape index (κ2) is 3.42. The van der Waals surface area contributed by atoms with E-state index in [0.29, 0.717) is 5.92 Å². The van der Waals surface area contributed by atoms with Crippen LogP contribution in [0, 0.1) is 5.92 Å². The van der Waals surface area contributed by atoms with Crippen molar-refractivity contribution in [3.8, 4) is 0 Å². The van der Waals surface area contributed by atoms with Gasteiger partial charge in [-0.05, 0) is 12.3 Å². The van der Waals surface area contributed by atoms with Gasteiger partial charge in [0, 0.05) is 18.3 Å². The number of hydrogen-bond donors (Lipinski definition) is 1. The minimum atomic E-state index is -0.277. The molecule has 3 heteroatoms. The van der Waals surface area contributed by atoms with Crippen molar-refractivity contribution in [2.45, 2.75) is 13.3 Å². The van der Waals surface area contributed by atoms with Gasteiger partial charge in [-0.1, -0.05) is 6.92 Å². The number of hydrogen-bond acceptors (Lipinski definition) is 3. The van der Waals surface area contributed by atoms with Gasteiger partial charge in [-0.3, -0.25) is 0 Å². The summed E-state index contributed by atoms with van der Waals surface area (Å²) in [6, 6.07) is 0. The first-order valence-corrected chi connectivity index (χ1v) is 3.77. The lowest BCUT2D eigenvalue weighted by Crippen LogP contribution is -2.09. The highest BCUT2D eigenvalue weighted by molar-refractivity contribution is 5.82. The fraction of sp³-hybridized carbons (Fsp3) is 0.625. The summed E-state index contributed by atoms with van der Waals surface area (Å²) in [7, 11) is 1.39. The van der Waals surface area contributed by atoms with E-state index in [0.717, 1.165) is 18.7 Å². The molecular weight excluding hydrogens is 142 g/mol. The van der Waals surface area contributed by atoms with Crippen molar-refractivity contribution in [1.29, 1.82) is 0 Å². The first-order chi connectivity index (χ1) is 5.24. The molecule has 0 spiro atoms. The van der Waals surface area contributed by atoms with Crippen LogP contribution in [0.4, 0.5) is 0 Å². The number of rotatable bonds is 1. The second-order valence-electron chi connectivity index (χ2n) is 2.74. The molecule has 0 radical (unpaired) electrons. The Morgan fingerprint density at radius 1 is 1.82 bits per heavy atom. The summed E-state index contributed by atoms with van der Waals surface area (Å²) < 4.78 is 4.51. The lowest BCUT2D eigenvalue weighted by atomic mass is 10.1. The summed E-state index contributed by atoms with van der Waals surface area (Å²) in [5.41, 5.74) is 0.997. The van der Waals surface area contributed by atoms with Crippen LogP contribution in [0.5, 0.6) is 0 Å². The molecule has 1 aliphatic heterocycles. The Balaban J connectivity index is 2.57. The molecule has 1 aliphatic rings. The third-order valence-electron chi connectivity index (χ3n) is 1.91. The SMILES string of the molecule is COC(=O)/C=C1/NCCC1C. The predicted octanol–water partition coefficient (Wildman–Crippen LogP) is 0.673. The van der Waals surface area contributed by atoms with Gasteiger partial charge in [0.2, 0.25) is 0 Å². The fourth-order valence-corrected chi connectivity index (χ4v) is 1.14. The van der Waals surface area contributed by atoms with Crippen LogP contribution in [0.15, 0.2) is 11.8 Å². The van der Waals surface area contributed by atoms with E-state index in [2.05, 4.69) is 17.0 Å². The highest BCUT2D eigenvalue weighted by atomic mass is 16.5. The Labute approximate surface area is 66.4 Å². The molecule has 1 rings (SSSR count). The van der Waals surface area contributed by atoms with Crippen LogP contribution in [0.25, 0.3) is 0 Å². The van der Waals surface area contributed by atoms with E-state index >= 15 is 0 Å². The summed E-state index contributed by atoms with van der Waals surface area (Å²) in [6.45, 7) is 3.05. The predicted molar refractivity (Wildman–Crippen MR) is 41.9 cm³/mol. The molecular formula is C8H13NO2. The maximum absolute atomic E-state index is 10.8. The molecule has 0 amide bonds. The molecule has 0 aliphatic carbocycles. The zero-order chi connectivity index (χ0) is 8.27. The first-order valence-electron chi connectivity index (χ1n) is 3.77. The highest BCUT2D eigenvalue weighted by Crippen LogP contribution is 2.17. The van der Waals surface area contributed by atoms with Crippen LogP contribution in [-0.2, 0) is 9.53 Å². The minimum Gasteiger partial charge on any atom is -0.466 e. The maximum atomic E-state index is 10.8. The van der Waals surface area contributed by atoms with E-state index in [1.165, 1.54) is 13.2 Å². The fourth-order valence-electron chi connectivity index (χ4n) is 1.14. The molecule has 1 atom stereocenters. The van der Waals surface area contributed by atoms with E-state index in [1.54, 1.807) is 0 Å². The molecule has 1 fully saturated rings. The molecule has 62 valence electrons. The molecule has 0 saturated carbocycles. The first kappa shape index (κ1) is 8.11. The van der Waals surface area contributed by atoms with Gasteiger partial charge >= 0.3 is 5.97 Å². The average molecular weight is 155 g/mol. The molecule has 0 aromatic carbocycles. The Bertz CT molecular complexity index is 187. The molecule has 0 bridgehead atoms. The lowest BCUT2D eigenvalue weighted by molar-refractivity contribution is -0.134. The standard InChI is InChI=1S/C8H13NO2/c1-6-3-4-9-7(6)5-8(10)11-2/h5-6,9H,3-4H2,1-2H3/b7-5+. The van der Waals surface area contributed by atoms with Crippen molar-refractivity contribution in [1.82, 2.24) is 5.32 Å². The highest BCUT2D eigenvalue weighted by Gasteiger charge is 2.16. The summed E-state index contributed by atoms with van der Waals surface area (Å²) in [6.07, 6.45) is 2.63. The number of carbonyl (C=O) groups is 1. The molecule has 1 N–H and O–H groups in total. The van der Waals surface area contributed by atoms with Gasteiger partial charge in [0.25, 0.3) is 0 Å². The van der Waals surface area contributed by atoms with E-state index in [9.17, 15) is 4.79 Å². The van der Waals surface area contributed by atoms with Gasteiger partial charge in [0.1, 0.15) is 0 Å². The van der Waals surface area contributed by atoms with Gasteiger partial charge < -0.3 is 10.1 Å². The maximum Gasteiger partial charge on any atom is 0.332 e. The van der Waals surface area contributed by atoms with Gasteiger partial charge in [-0.2, -0.15) is 0 Å². The van der Waals surface area contributed by atoms with Crippen molar-refractivity contribution < 1.29 is 9.53 Å². The summed E-state index contributed by atoms with van der Waals surface area (Å²) in [4.78, 5) is 10.8.